The van der Waals surface area contributed by atoms with Crippen LogP contribution in [0.15, 0.2) is 9.59 Å². The van der Waals surface area contributed by atoms with Crippen molar-refractivity contribution in [3.8, 4) is 0 Å². The number of carbonyl (C=O) groups is 1. The topological polar surface area (TPSA) is 135 Å². The predicted molar refractivity (Wildman–Crippen MR) is 66.8 cm³/mol. The molecule has 0 aromatic carbocycles. The van der Waals surface area contributed by atoms with E-state index < -0.39 is 24.0 Å². The van der Waals surface area contributed by atoms with Gasteiger partial charge in [0, 0.05) is 24.2 Å². The number of hydrogen-bond donors (Lipinski definition) is 5. The maximum absolute atomic E-state index is 11.5. The molecule has 0 fully saturated rings. The molecule has 0 spiro atoms. The SMILES string of the molecule is Cc1[nH]c(=O)[nH]c(=O)c1CCC(=O)NCC(O)CO. The summed E-state index contributed by atoms with van der Waals surface area (Å²) in [5, 5.41) is 20.0. The van der Waals surface area contributed by atoms with Crippen molar-refractivity contribution in [3.05, 3.63) is 32.1 Å². The second-order valence-electron chi connectivity index (χ2n) is 4.15. The van der Waals surface area contributed by atoms with E-state index in [0.29, 0.717) is 11.3 Å². The Kier molecular flexibility index (Phi) is 5.46. The lowest BCUT2D eigenvalue weighted by molar-refractivity contribution is -0.121. The van der Waals surface area contributed by atoms with Gasteiger partial charge in [0.1, 0.15) is 0 Å². The average molecular weight is 271 g/mol. The molecule has 0 aliphatic carbocycles. The largest absolute Gasteiger partial charge is 0.394 e. The fourth-order valence-electron chi connectivity index (χ4n) is 1.55. The van der Waals surface area contributed by atoms with Crippen molar-refractivity contribution in [1.82, 2.24) is 15.3 Å². The van der Waals surface area contributed by atoms with Crippen molar-refractivity contribution in [2.24, 2.45) is 0 Å². The van der Waals surface area contributed by atoms with Gasteiger partial charge in [0.15, 0.2) is 0 Å². The Morgan fingerprint density at radius 2 is 2.05 bits per heavy atom. The maximum atomic E-state index is 11.5. The van der Waals surface area contributed by atoms with Crippen molar-refractivity contribution >= 4 is 5.91 Å². The number of hydrogen-bond acceptors (Lipinski definition) is 5. The van der Waals surface area contributed by atoms with Crippen LogP contribution in [0.25, 0.3) is 0 Å². The number of aliphatic hydroxyl groups excluding tert-OH is 2. The molecule has 0 saturated heterocycles. The van der Waals surface area contributed by atoms with Gasteiger partial charge in [-0.2, -0.15) is 0 Å². The van der Waals surface area contributed by atoms with Gasteiger partial charge in [-0.1, -0.05) is 0 Å². The molecule has 1 rings (SSSR count). The molecule has 19 heavy (non-hydrogen) atoms. The molecule has 0 aliphatic rings. The Morgan fingerprint density at radius 3 is 2.63 bits per heavy atom. The van der Waals surface area contributed by atoms with Gasteiger partial charge in [-0.25, -0.2) is 4.79 Å². The average Bonchev–Trinajstić information content (AvgIpc) is 2.34. The van der Waals surface area contributed by atoms with Gasteiger partial charge in [0.05, 0.1) is 12.7 Å². The highest BCUT2D eigenvalue weighted by Crippen LogP contribution is 1.99. The standard InChI is InChI=1S/C11H17N3O5/c1-6-8(10(18)14-11(19)13-6)2-3-9(17)12-4-7(16)5-15/h7,15-16H,2-5H2,1H3,(H,12,17)(H2,13,14,18,19). The first-order chi connectivity index (χ1) is 8.93. The Balaban J connectivity index is 2.56. The molecule has 0 saturated carbocycles. The van der Waals surface area contributed by atoms with E-state index in [9.17, 15) is 14.4 Å². The summed E-state index contributed by atoms with van der Waals surface area (Å²) in [6.45, 7) is 1.11. The molecule has 1 aromatic heterocycles. The van der Waals surface area contributed by atoms with E-state index in [4.69, 9.17) is 10.2 Å². The summed E-state index contributed by atoms with van der Waals surface area (Å²) < 4.78 is 0. The normalized spacial score (nSPS) is 12.2. The molecule has 0 bridgehead atoms. The van der Waals surface area contributed by atoms with Crippen molar-refractivity contribution < 1.29 is 15.0 Å². The molecule has 0 aliphatic heterocycles. The fraction of sp³-hybridized carbons (Fsp3) is 0.545. The van der Waals surface area contributed by atoms with Gasteiger partial charge in [-0.3, -0.25) is 14.6 Å². The van der Waals surface area contributed by atoms with E-state index in [1.54, 1.807) is 6.92 Å². The lowest BCUT2D eigenvalue weighted by Crippen LogP contribution is -2.34. The first kappa shape index (κ1) is 15.1. The lowest BCUT2D eigenvalue weighted by Gasteiger charge is -2.09. The van der Waals surface area contributed by atoms with Crippen LogP contribution in [0.3, 0.4) is 0 Å². The smallest absolute Gasteiger partial charge is 0.325 e. The van der Waals surface area contributed by atoms with E-state index in [1.165, 1.54) is 0 Å². The molecule has 5 N–H and O–H groups in total. The Bertz CT molecular complexity index is 548. The Hall–Kier alpha value is -1.93. The molecular weight excluding hydrogens is 254 g/mol. The summed E-state index contributed by atoms with van der Waals surface area (Å²) in [5.74, 6) is -0.350. The zero-order valence-electron chi connectivity index (χ0n) is 10.5. The molecule has 1 aromatic rings. The van der Waals surface area contributed by atoms with Crippen molar-refractivity contribution in [2.75, 3.05) is 13.2 Å². The number of rotatable bonds is 6. The summed E-state index contributed by atoms with van der Waals surface area (Å²) >= 11 is 0. The maximum Gasteiger partial charge on any atom is 0.325 e. The molecule has 8 nitrogen and oxygen atoms in total. The fourth-order valence-corrected chi connectivity index (χ4v) is 1.55. The molecule has 106 valence electrons. The van der Waals surface area contributed by atoms with Crippen molar-refractivity contribution in [2.45, 2.75) is 25.9 Å². The Morgan fingerprint density at radius 1 is 1.37 bits per heavy atom. The third-order valence-electron chi connectivity index (χ3n) is 2.60. The highest BCUT2D eigenvalue weighted by molar-refractivity contribution is 5.76. The summed E-state index contributed by atoms with van der Waals surface area (Å²) in [6, 6.07) is 0. The molecule has 1 amide bonds. The van der Waals surface area contributed by atoms with Crippen LogP contribution in [0.2, 0.25) is 0 Å². The minimum atomic E-state index is -0.998. The minimum Gasteiger partial charge on any atom is -0.394 e. The van der Waals surface area contributed by atoms with Gasteiger partial charge < -0.3 is 20.5 Å². The number of H-pyrrole nitrogens is 2. The van der Waals surface area contributed by atoms with Gasteiger partial charge >= 0.3 is 5.69 Å². The van der Waals surface area contributed by atoms with Crippen LogP contribution in [-0.2, 0) is 11.2 Å². The Labute approximate surface area is 108 Å². The molecule has 1 atom stereocenters. The van der Waals surface area contributed by atoms with Gasteiger partial charge in [0.2, 0.25) is 5.91 Å². The van der Waals surface area contributed by atoms with E-state index in [2.05, 4.69) is 15.3 Å². The van der Waals surface area contributed by atoms with Crippen LogP contribution in [0.1, 0.15) is 17.7 Å². The summed E-state index contributed by atoms with van der Waals surface area (Å²) in [4.78, 5) is 38.5. The zero-order valence-corrected chi connectivity index (χ0v) is 10.5. The van der Waals surface area contributed by atoms with Crippen molar-refractivity contribution in [1.29, 1.82) is 0 Å². The molecule has 1 heterocycles. The quantitative estimate of drug-likeness (QED) is 0.399. The van der Waals surface area contributed by atoms with Gasteiger partial charge in [-0.05, 0) is 13.3 Å². The van der Waals surface area contributed by atoms with Crippen LogP contribution < -0.4 is 16.6 Å². The zero-order chi connectivity index (χ0) is 14.4. The third-order valence-corrected chi connectivity index (χ3v) is 2.60. The molecular formula is C11H17N3O5. The van der Waals surface area contributed by atoms with Crippen LogP contribution in [0.5, 0.6) is 0 Å². The highest BCUT2D eigenvalue weighted by Gasteiger charge is 2.10. The molecule has 8 heteroatoms. The van der Waals surface area contributed by atoms with Crippen LogP contribution in [-0.4, -0.2) is 45.3 Å². The van der Waals surface area contributed by atoms with E-state index in [0.717, 1.165) is 0 Å². The van der Waals surface area contributed by atoms with Crippen LogP contribution in [0.4, 0.5) is 0 Å². The second kappa shape index (κ2) is 6.86. The molecule has 0 radical (unpaired) electrons. The first-order valence-electron chi connectivity index (χ1n) is 5.81. The number of nitrogens with one attached hydrogen (secondary N) is 3. The predicted octanol–water partition coefficient (Wildman–Crippen LogP) is -2.23. The third kappa shape index (κ3) is 4.68. The number of aryl methyl sites for hydroxylation is 1. The summed E-state index contributed by atoms with van der Waals surface area (Å²) in [5.41, 5.74) is -0.319. The number of aliphatic hydroxyl groups is 2. The summed E-state index contributed by atoms with van der Waals surface area (Å²) in [7, 11) is 0. The first-order valence-corrected chi connectivity index (χ1v) is 5.81. The second-order valence-corrected chi connectivity index (χ2v) is 4.15. The van der Waals surface area contributed by atoms with E-state index in [1.807, 2.05) is 0 Å². The lowest BCUT2D eigenvalue weighted by atomic mass is 10.1. The highest BCUT2D eigenvalue weighted by atomic mass is 16.3. The minimum absolute atomic E-state index is 0.0453. The van der Waals surface area contributed by atoms with Crippen molar-refractivity contribution in [3.63, 3.8) is 0 Å². The van der Waals surface area contributed by atoms with E-state index in [-0.39, 0.29) is 25.3 Å². The monoisotopic (exact) mass is 271 g/mol. The van der Waals surface area contributed by atoms with Gasteiger partial charge in [-0.15, -0.1) is 0 Å². The van der Waals surface area contributed by atoms with E-state index >= 15 is 0 Å². The number of amides is 1. The summed E-state index contributed by atoms with van der Waals surface area (Å²) in [6.07, 6.45) is -0.769. The number of carbonyl (C=O) groups excluding carboxylic acids is 1. The molecule has 1 unspecified atom stereocenters. The number of aromatic amines is 2. The van der Waals surface area contributed by atoms with Crippen LogP contribution >= 0.6 is 0 Å². The number of aromatic nitrogens is 2. The van der Waals surface area contributed by atoms with Gasteiger partial charge in [0.25, 0.3) is 5.56 Å². The van der Waals surface area contributed by atoms with Crippen LogP contribution in [0, 0.1) is 6.92 Å².